The first-order valence-electron chi connectivity index (χ1n) is 5.20. The molecule has 0 N–H and O–H groups in total. The molecule has 0 unspecified atom stereocenters. The third kappa shape index (κ3) is 4.10. The fourth-order valence-corrected chi connectivity index (χ4v) is 1.24. The predicted octanol–water partition coefficient (Wildman–Crippen LogP) is 2.05. The van der Waals surface area contributed by atoms with Gasteiger partial charge in [-0.1, -0.05) is 12.1 Å². The largest absolute Gasteiger partial charge is 0.465 e. The Morgan fingerprint density at radius 1 is 1.35 bits per heavy atom. The van der Waals surface area contributed by atoms with Gasteiger partial charge in [0.05, 0.1) is 19.3 Å². The summed E-state index contributed by atoms with van der Waals surface area (Å²) in [5.74, 6) is -0.813. The summed E-state index contributed by atoms with van der Waals surface area (Å²) in [6, 6.07) is 6.79. The van der Waals surface area contributed by atoms with E-state index in [9.17, 15) is 9.59 Å². The van der Waals surface area contributed by atoms with Crippen molar-refractivity contribution in [2.75, 3.05) is 13.7 Å². The maximum Gasteiger partial charge on any atom is 0.337 e. The standard InChI is InChI=1S/C13H14O4/c1-3-17-12(14)8-7-10-5-4-6-11(9-10)13(15)16-2/h4-9H,3H2,1-2H3. The molecule has 90 valence electrons. The molecule has 0 aromatic heterocycles. The summed E-state index contributed by atoms with van der Waals surface area (Å²) >= 11 is 0. The minimum atomic E-state index is -0.407. The number of methoxy groups -OCH3 is 1. The Labute approximate surface area is 99.8 Å². The van der Waals surface area contributed by atoms with E-state index in [1.807, 2.05) is 0 Å². The lowest BCUT2D eigenvalue weighted by Gasteiger charge is -2.00. The van der Waals surface area contributed by atoms with E-state index in [1.54, 1.807) is 37.3 Å². The lowest BCUT2D eigenvalue weighted by molar-refractivity contribution is -0.137. The van der Waals surface area contributed by atoms with E-state index in [-0.39, 0.29) is 0 Å². The first-order chi connectivity index (χ1) is 8.17. The molecule has 1 aromatic carbocycles. The second-order valence-corrected chi connectivity index (χ2v) is 3.20. The van der Waals surface area contributed by atoms with Gasteiger partial charge in [0.15, 0.2) is 0 Å². The maximum atomic E-state index is 11.3. The van der Waals surface area contributed by atoms with Crippen LogP contribution in [-0.2, 0) is 14.3 Å². The average molecular weight is 234 g/mol. The number of hydrogen-bond acceptors (Lipinski definition) is 4. The zero-order valence-electron chi connectivity index (χ0n) is 9.80. The number of ether oxygens (including phenoxy) is 2. The first-order valence-corrected chi connectivity index (χ1v) is 5.20. The van der Waals surface area contributed by atoms with E-state index < -0.39 is 11.9 Å². The summed E-state index contributed by atoms with van der Waals surface area (Å²) in [4.78, 5) is 22.4. The zero-order chi connectivity index (χ0) is 12.7. The molecule has 1 aromatic rings. The predicted molar refractivity (Wildman–Crippen MR) is 63.4 cm³/mol. The van der Waals surface area contributed by atoms with Gasteiger partial charge in [0.2, 0.25) is 0 Å². The molecule has 4 heteroatoms. The second kappa shape index (κ2) is 6.48. The van der Waals surface area contributed by atoms with Crippen molar-refractivity contribution in [3.63, 3.8) is 0 Å². The molecular formula is C13H14O4. The minimum absolute atomic E-state index is 0.339. The SMILES string of the molecule is CCOC(=O)C=Cc1cccc(C(=O)OC)c1. The van der Waals surface area contributed by atoms with Crippen LogP contribution >= 0.6 is 0 Å². The molecule has 0 bridgehead atoms. The minimum Gasteiger partial charge on any atom is -0.465 e. The highest BCUT2D eigenvalue weighted by Gasteiger charge is 2.04. The van der Waals surface area contributed by atoms with E-state index in [1.165, 1.54) is 13.2 Å². The third-order valence-corrected chi connectivity index (χ3v) is 2.01. The molecule has 0 saturated carbocycles. The Morgan fingerprint density at radius 2 is 2.12 bits per heavy atom. The van der Waals surface area contributed by atoms with E-state index >= 15 is 0 Å². The van der Waals surface area contributed by atoms with Crippen molar-refractivity contribution >= 4 is 18.0 Å². The molecule has 17 heavy (non-hydrogen) atoms. The number of esters is 2. The lowest BCUT2D eigenvalue weighted by Crippen LogP contribution is -2.01. The molecular weight excluding hydrogens is 220 g/mol. The van der Waals surface area contributed by atoms with Crippen LogP contribution in [0.15, 0.2) is 30.3 Å². The van der Waals surface area contributed by atoms with Crippen LogP contribution in [0.4, 0.5) is 0 Å². The topological polar surface area (TPSA) is 52.6 Å². The van der Waals surface area contributed by atoms with Crippen molar-refractivity contribution in [3.05, 3.63) is 41.5 Å². The molecule has 0 atom stereocenters. The Hall–Kier alpha value is -2.10. The van der Waals surface area contributed by atoms with Crippen molar-refractivity contribution in [3.8, 4) is 0 Å². The molecule has 0 fully saturated rings. The van der Waals surface area contributed by atoms with Crippen molar-refractivity contribution in [1.29, 1.82) is 0 Å². The normalized spacial score (nSPS) is 10.2. The van der Waals surface area contributed by atoms with Gasteiger partial charge in [0.1, 0.15) is 0 Å². The van der Waals surface area contributed by atoms with Crippen molar-refractivity contribution < 1.29 is 19.1 Å². The van der Waals surface area contributed by atoms with Crippen LogP contribution in [0.5, 0.6) is 0 Å². The van der Waals surface area contributed by atoms with E-state index in [4.69, 9.17) is 4.74 Å². The number of rotatable bonds is 4. The van der Waals surface area contributed by atoms with Gasteiger partial charge < -0.3 is 9.47 Å². The maximum absolute atomic E-state index is 11.3. The van der Waals surface area contributed by atoms with Gasteiger partial charge in [-0.25, -0.2) is 9.59 Å². The number of benzene rings is 1. The zero-order valence-corrected chi connectivity index (χ0v) is 9.80. The van der Waals surface area contributed by atoms with Crippen LogP contribution in [0.3, 0.4) is 0 Å². The molecule has 0 spiro atoms. The number of hydrogen-bond donors (Lipinski definition) is 0. The monoisotopic (exact) mass is 234 g/mol. The van der Waals surface area contributed by atoms with Crippen LogP contribution in [0.2, 0.25) is 0 Å². The quantitative estimate of drug-likeness (QED) is 0.591. The average Bonchev–Trinajstić information content (AvgIpc) is 2.36. The Balaban J connectivity index is 2.78. The van der Waals surface area contributed by atoms with Gasteiger partial charge in [-0.3, -0.25) is 0 Å². The molecule has 0 aliphatic heterocycles. The molecule has 0 aliphatic rings. The van der Waals surface area contributed by atoms with Gasteiger partial charge in [-0.05, 0) is 30.7 Å². The third-order valence-electron chi connectivity index (χ3n) is 2.01. The van der Waals surface area contributed by atoms with Crippen LogP contribution < -0.4 is 0 Å². The highest BCUT2D eigenvalue weighted by atomic mass is 16.5. The molecule has 0 heterocycles. The molecule has 0 amide bonds. The van der Waals surface area contributed by atoms with E-state index in [2.05, 4.69) is 4.74 Å². The van der Waals surface area contributed by atoms with Gasteiger partial charge in [-0.15, -0.1) is 0 Å². The van der Waals surface area contributed by atoms with Crippen molar-refractivity contribution in [2.24, 2.45) is 0 Å². The molecule has 1 rings (SSSR count). The van der Waals surface area contributed by atoms with Crippen LogP contribution in [0.25, 0.3) is 6.08 Å². The molecule has 0 saturated heterocycles. The summed E-state index contributed by atoms with van der Waals surface area (Å²) in [5, 5.41) is 0. The van der Waals surface area contributed by atoms with Crippen LogP contribution in [-0.4, -0.2) is 25.7 Å². The summed E-state index contributed by atoms with van der Waals surface area (Å²) in [5.41, 5.74) is 1.18. The summed E-state index contributed by atoms with van der Waals surface area (Å²) in [6.45, 7) is 2.08. The molecule has 0 radical (unpaired) electrons. The van der Waals surface area contributed by atoms with Crippen molar-refractivity contribution in [1.82, 2.24) is 0 Å². The molecule has 0 aliphatic carbocycles. The van der Waals surface area contributed by atoms with E-state index in [0.29, 0.717) is 12.2 Å². The van der Waals surface area contributed by atoms with Gasteiger partial charge in [0, 0.05) is 6.08 Å². The Morgan fingerprint density at radius 3 is 2.76 bits per heavy atom. The highest BCUT2D eigenvalue weighted by molar-refractivity contribution is 5.91. The number of carbonyl (C=O) groups excluding carboxylic acids is 2. The molecule has 4 nitrogen and oxygen atoms in total. The highest BCUT2D eigenvalue weighted by Crippen LogP contribution is 2.08. The first kappa shape index (κ1) is 13.0. The Kier molecular flexibility index (Phi) is 4.94. The van der Waals surface area contributed by atoms with Crippen LogP contribution in [0.1, 0.15) is 22.8 Å². The lowest BCUT2D eigenvalue weighted by atomic mass is 10.1. The van der Waals surface area contributed by atoms with Gasteiger partial charge >= 0.3 is 11.9 Å². The smallest absolute Gasteiger partial charge is 0.337 e. The summed E-state index contributed by atoms with van der Waals surface area (Å²) in [7, 11) is 1.32. The fraction of sp³-hybridized carbons (Fsp3) is 0.231. The second-order valence-electron chi connectivity index (χ2n) is 3.20. The van der Waals surface area contributed by atoms with Crippen LogP contribution in [0, 0.1) is 0 Å². The Bertz CT molecular complexity index is 435. The fourth-order valence-electron chi connectivity index (χ4n) is 1.24. The van der Waals surface area contributed by atoms with Gasteiger partial charge in [-0.2, -0.15) is 0 Å². The van der Waals surface area contributed by atoms with Crippen molar-refractivity contribution in [2.45, 2.75) is 6.92 Å². The summed E-state index contributed by atoms with van der Waals surface area (Å²) in [6.07, 6.45) is 2.91. The van der Waals surface area contributed by atoms with Gasteiger partial charge in [0.25, 0.3) is 0 Å². The number of carbonyl (C=O) groups is 2. The summed E-state index contributed by atoms with van der Waals surface area (Å²) < 4.78 is 9.35. The van der Waals surface area contributed by atoms with E-state index in [0.717, 1.165) is 5.56 Å².